The van der Waals surface area contributed by atoms with Crippen molar-refractivity contribution in [3.63, 3.8) is 0 Å². The van der Waals surface area contributed by atoms with Gasteiger partial charge in [-0.2, -0.15) is 5.10 Å². The molecule has 1 N–H and O–H groups in total. The molecule has 1 amide bonds. The number of amides is 1. The van der Waals surface area contributed by atoms with Crippen LogP contribution in [0.25, 0.3) is 0 Å². The number of methoxy groups -OCH3 is 1. The highest BCUT2D eigenvalue weighted by atomic mass is 16.5. The number of nitrogens with zero attached hydrogens (tertiary/aromatic N) is 1. The number of nitrogens with one attached hydrogen (secondary N) is 1. The predicted octanol–water partition coefficient (Wildman–Crippen LogP) is 1.82. The van der Waals surface area contributed by atoms with Crippen molar-refractivity contribution in [1.82, 2.24) is 5.43 Å². The third kappa shape index (κ3) is 5.74. The fourth-order valence-corrected chi connectivity index (χ4v) is 1.69. The molecule has 0 spiro atoms. The third-order valence-electron chi connectivity index (χ3n) is 2.64. The van der Waals surface area contributed by atoms with Gasteiger partial charge in [-0.25, -0.2) is 5.43 Å². The van der Waals surface area contributed by atoms with E-state index in [9.17, 15) is 9.59 Å². The Morgan fingerprint density at radius 3 is 2.52 bits per heavy atom. The molecule has 0 saturated heterocycles. The molecular weight excluding hydrogens is 272 g/mol. The molecule has 0 aliphatic rings. The highest BCUT2D eigenvalue weighted by Gasteiger charge is 2.19. The van der Waals surface area contributed by atoms with Gasteiger partial charge in [0.25, 0.3) is 5.91 Å². The van der Waals surface area contributed by atoms with Crippen molar-refractivity contribution < 1.29 is 19.1 Å². The SMILES string of the molecule is CCOC(=O)C/C(C)=N\NC(=O)[C@@H](OC)c1ccccc1. The summed E-state index contributed by atoms with van der Waals surface area (Å²) in [7, 11) is 1.45. The Morgan fingerprint density at radius 2 is 1.95 bits per heavy atom. The fraction of sp³-hybridized carbons (Fsp3) is 0.400. The summed E-state index contributed by atoms with van der Waals surface area (Å²) < 4.78 is 9.98. The van der Waals surface area contributed by atoms with Crippen LogP contribution in [-0.2, 0) is 19.1 Å². The van der Waals surface area contributed by atoms with E-state index in [0.717, 1.165) is 5.56 Å². The lowest BCUT2D eigenvalue weighted by atomic mass is 10.1. The zero-order valence-corrected chi connectivity index (χ0v) is 12.5. The zero-order chi connectivity index (χ0) is 15.7. The number of carbonyl (C=O) groups is 2. The molecule has 0 radical (unpaired) electrons. The van der Waals surface area contributed by atoms with Gasteiger partial charge in [-0.05, 0) is 19.4 Å². The van der Waals surface area contributed by atoms with E-state index < -0.39 is 12.0 Å². The number of benzene rings is 1. The Morgan fingerprint density at radius 1 is 1.29 bits per heavy atom. The van der Waals surface area contributed by atoms with E-state index in [2.05, 4.69) is 10.5 Å². The van der Waals surface area contributed by atoms with Gasteiger partial charge in [-0.3, -0.25) is 9.59 Å². The monoisotopic (exact) mass is 292 g/mol. The van der Waals surface area contributed by atoms with Crippen LogP contribution in [0, 0.1) is 0 Å². The lowest BCUT2D eigenvalue weighted by molar-refractivity contribution is -0.141. The Labute approximate surface area is 124 Å². The van der Waals surface area contributed by atoms with Gasteiger partial charge in [0.1, 0.15) is 0 Å². The lowest BCUT2D eigenvalue weighted by Gasteiger charge is -2.13. The third-order valence-corrected chi connectivity index (χ3v) is 2.64. The summed E-state index contributed by atoms with van der Waals surface area (Å²) in [5.41, 5.74) is 3.59. The molecule has 1 rings (SSSR count). The summed E-state index contributed by atoms with van der Waals surface area (Å²) in [6.07, 6.45) is -0.706. The summed E-state index contributed by atoms with van der Waals surface area (Å²) in [4.78, 5) is 23.3. The number of esters is 1. The van der Waals surface area contributed by atoms with E-state index in [4.69, 9.17) is 9.47 Å². The second kappa shape index (κ2) is 8.86. The molecule has 0 unspecified atom stereocenters. The Bertz CT molecular complexity index is 500. The molecule has 0 heterocycles. The molecular formula is C15H20N2O4. The Hall–Kier alpha value is -2.21. The van der Waals surface area contributed by atoms with Crippen LogP contribution in [0.2, 0.25) is 0 Å². The van der Waals surface area contributed by atoms with E-state index in [0.29, 0.717) is 12.3 Å². The average Bonchev–Trinajstić information content (AvgIpc) is 2.47. The van der Waals surface area contributed by atoms with Crippen LogP contribution in [0.1, 0.15) is 31.9 Å². The number of ether oxygens (including phenoxy) is 2. The summed E-state index contributed by atoms with van der Waals surface area (Å²) in [5.74, 6) is -0.772. The molecule has 6 heteroatoms. The average molecular weight is 292 g/mol. The van der Waals surface area contributed by atoms with Gasteiger partial charge in [0.2, 0.25) is 0 Å². The van der Waals surface area contributed by atoms with Gasteiger partial charge in [0.05, 0.1) is 13.0 Å². The van der Waals surface area contributed by atoms with Crippen LogP contribution in [0.15, 0.2) is 35.4 Å². The van der Waals surface area contributed by atoms with E-state index >= 15 is 0 Å². The zero-order valence-electron chi connectivity index (χ0n) is 12.5. The molecule has 0 aliphatic carbocycles. The molecule has 0 saturated carbocycles. The second-order valence-electron chi connectivity index (χ2n) is 4.33. The van der Waals surface area contributed by atoms with Crippen LogP contribution in [0.4, 0.5) is 0 Å². The molecule has 0 bridgehead atoms. The maximum Gasteiger partial charge on any atom is 0.311 e. The van der Waals surface area contributed by atoms with Crippen molar-refractivity contribution in [1.29, 1.82) is 0 Å². The van der Waals surface area contributed by atoms with Crippen molar-refractivity contribution in [3.05, 3.63) is 35.9 Å². The molecule has 6 nitrogen and oxygen atoms in total. The van der Waals surface area contributed by atoms with Crippen LogP contribution >= 0.6 is 0 Å². The summed E-state index contributed by atoms with van der Waals surface area (Å²) >= 11 is 0. The second-order valence-corrected chi connectivity index (χ2v) is 4.33. The van der Waals surface area contributed by atoms with Crippen molar-refractivity contribution in [3.8, 4) is 0 Å². The van der Waals surface area contributed by atoms with E-state index in [1.54, 1.807) is 26.0 Å². The molecule has 0 aliphatic heterocycles. The maximum atomic E-state index is 12.0. The predicted molar refractivity (Wildman–Crippen MR) is 78.7 cm³/mol. The van der Waals surface area contributed by atoms with Gasteiger partial charge in [0.15, 0.2) is 6.10 Å². The quantitative estimate of drug-likeness (QED) is 0.472. The molecule has 1 aromatic carbocycles. The van der Waals surface area contributed by atoms with Crippen LogP contribution < -0.4 is 5.43 Å². The largest absolute Gasteiger partial charge is 0.466 e. The van der Waals surface area contributed by atoms with Gasteiger partial charge in [-0.1, -0.05) is 30.3 Å². The first kappa shape index (κ1) is 16.8. The molecule has 0 aromatic heterocycles. The minimum Gasteiger partial charge on any atom is -0.466 e. The Balaban J connectivity index is 2.61. The molecule has 21 heavy (non-hydrogen) atoms. The van der Waals surface area contributed by atoms with E-state index in [1.165, 1.54) is 7.11 Å². The van der Waals surface area contributed by atoms with Crippen molar-refractivity contribution in [2.75, 3.05) is 13.7 Å². The normalized spacial score (nSPS) is 12.6. The van der Waals surface area contributed by atoms with Crippen molar-refractivity contribution in [2.45, 2.75) is 26.4 Å². The lowest BCUT2D eigenvalue weighted by Crippen LogP contribution is -2.27. The highest BCUT2D eigenvalue weighted by molar-refractivity contribution is 5.98. The smallest absolute Gasteiger partial charge is 0.311 e. The first-order chi connectivity index (χ1) is 10.1. The molecule has 0 fully saturated rings. The van der Waals surface area contributed by atoms with Crippen LogP contribution in [0.3, 0.4) is 0 Å². The molecule has 1 atom stereocenters. The number of hydrazone groups is 1. The molecule has 1 aromatic rings. The van der Waals surface area contributed by atoms with Crippen molar-refractivity contribution in [2.24, 2.45) is 5.10 Å². The van der Waals surface area contributed by atoms with Gasteiger partial charge in [0, 0.05) is 12.8 Å². The number of hydrogen-bond donors (Lipinski definition) is 1. The summed E-state index contributed by atoms with van der Waals surface area (Å²) in [6, 6.07) is 9.09. The minimum atomic E-state index is -0.745. The standard InChI is InChI=1S/C15H20N2O4/c1-4-21-13(18)10-11(2)16-17-15(19)14(20-3)12-8-6-5-7-9-12/h5-9,14H,4,10H2,1-3H3,(H,17,19)/b16-11-/t14-/m0/s1. The topological polar surface area (TPSA) is 77.0 Å². The number of rotatable bonds is 7. The highest BCUT2D eigenvalue weighted by Crippen LogP contribution is 2.15. The fourth-order valence-electron chi connectivity index (χ4n) is 1.69. The van der Waals surface area contributed by atoms with E-state index in [1.807, 2.05) is 18.2 Å². The first-order valence-electron chi connectivity index (χ1n) is 6.64. The number of carbonyl (C=O) groups excluding carboxylic acids is 2. The van der Waals surface area contributed by atoms with Gasteiger partial charge in [-0.15, -0.1) is 0 Å². The number of hydrogen-bond acceptors (Lipinski definition) is 5. The van der Waals surface area contributed by atoms with Gasteiger partial charge >= 0.3 is 5.97 Å². The minimum absolute atomic E-state index is 0.0388. The molecule has 114 valence electrons. The maximum absolute atomic E-state index is 12.0. The Kier molecular flexibility index (Phi) is 7.11. The summed E-state index contributed by atoms with van der Waals surface area (Å²) in [6.45, 7) is 3.69. The van der Waals surface area contributed by atoms with Crippen LogP contribution in [0.5, 0.6) is 0 Å². The van der Waals surface area contributed by atoms with Crippen LogP contribution in [-0.4, -0.2) is 31.3 Å². The summed E-state index contributed by atoms with van der Waals surface area (Å²) in [5, 5.41) is 3.88. The first-order valence-corrected chi connectivity index (χ1v) is 6.64. The van der Waals surface area contributed by atoms with Gasteiger partial charge < -0.3 is 9.47 Å². The van der Waals surface area contributed by atoms with E-state index in [-0.39, 0.29) is 12.4 Å². The van der Waals surface area contributed by atoms with Crippen molar-refractivity contribution >= 4 is 17.6 Å².